The molecule has 0 saturated carbocycles. The number of aromatic hydroxyl groups is 1. The molecule has 20 heavy (non-hydrogen) atoms. The first kappa shape index (κ1) is 14.1. The number of benzene rings is 1. The van der Waals surface area contributed by atoms with E-state index in [4.69, 9.17) is 9.47 Å². The molecule has 4 nitrogen and oxygen atoms in total. The lowest BCUT2D eigenvalue weighted by atomic mass is 10.0. The molecule has 0 amide bonds. The third-order valence-electron chi connectivity index (χ3n) is 2.72. The number of methoxy groups -OCH3 is 2. The maximum atomic E-state index is 11.8. The summed E-state index contributed by atoms with van der Waals surface area (Å²) in [5.41, 5.74) is 0.670. The normalized spacial score (nSPS) is 10.7. The lowest BCUT2D eigenvalue weighted by Gasteiger charge is -2.09. The molecule has 1 heterocycles. The Morgan fingerprint density at radius 1 is 1.30 bits per heavy atom. The summed E-state index contributed by atoms with van der Waals surface area (Å²) in [6, 6.07) is 6.96. The predicted molar refractivity (Wildman–Crippen MR) is 79.2 cm³/mol. The Balaban J connectivity index is 2.48. The molecule has 1 N–H and O–H groups in total. The molecule has 0 saturated heterocycles. The monoisotopic (exact) mass is 290 g/mol. The van der Waals surface area contributed by atoms with E-state index in [1.807, 2.05) is 23.6 Å². The fraction of sp³-hybridized carbons (Fsp3) is 0.133. The molecule has 104 valence electrons. The highest BCUT2D eigenvalue weighted by atomic mass is 32.1. The van der Waals surface area contributed by atoms with Crippen LogP contribution >= 0.6 is 11.3 Å². The Morgan fingerprint density at radius 2 is 2.10 bits per heavy atom. The SMILES string of the molecule is COC(=O)c1c(O)cc(OC)cc1C=Cc1cccs1. The second-order valence-corrected chi connectivity index (χ2v) is 4.93. The third-order valence-corrected chi connectivity index (χ3v) is 3.55. The summed E-state index contributed by atoms with van der Waals surface area (Å²) in [5.74, 6) is -0.279. The Morgan fingerprint density at radius 3 is 2.70 bits per heavy atom. The predicted octanol–water partition coefficient (Wildman–Crippen LogP) is 3.42. The van der Waals surface area contributed by atoms with E-state index in [-0.39, 0.29) is 11.3 Å². The minimum Gasteiger partial charge on any atom is -0.507 e. The van der Waals surface area contributed by atoms with Gasteiger partial charge in [-0.15, -0.1) is 11.3 Å². The third kappa shape index (κ3) is 3.00. The van der Waals surface area contributed by atoms with Gasteiger partial charge in [-0.2, -0.15) is 0 Å². The van der Waals surface area contributed by atoms with Crippen molar-refractivity contribution in [3.05, 3.63) is 45.6 Å². The molecule has 0 fully saturated rings. The van der Waals surface area contributed by atoms with Crippen LogP contribution in [-0.4, -0.2) is 25.3 Å². The van der Waals surface area contributed by atoms with E-state index in [0.717, 1.165) is 4.88 Å². The van der Waals surface area contributed by atoms with Crippen molar-refractivity contribution in [2.45, 2.75) is 0 Å². The van der Waals surface area contributed by atoms with Crippen molar-refractivity contribution in [1.82, 2.24) is 0 Å². The van der Waals surface area contributed by atoms with Gasteiger partial charge >= 0.3 is 5.97 Å². The summed E-state index contributed by atoms with van der Waals surface area (Å²) in [6.45, 7) is 0. The van der Waals surface area contributed by atoms with Crippen LogP contribution in [0.2, 0.25) is 0 Å². The molecule has 0 aliphatic rings. The molecular weight excluding hydrogens is 276 g/mol. The van der Waals surface area contributed by atoms with E-state index in [2.05, 4.69) is 0 Å². The van der Waals surface area contributed by atoms with Crippen LogP contribution in [0.5, 0.6) is 11.5 Å². The maximum absolute atomic E-state index is 11.8. The summed E-state index contributed by atoms with van der Waals surface area (Å²) in [6.07, 6.45) is 3.62. The first-order valence-corrected chi connectivity index (χ1v) is 6.74. The zero-order valence-corrected chi connectivity index (χ0v) is 11.9. The zero-order chi connectivity index (χ0) is 14.5. The smallest absolute Gasteiger partial charge is 0.342 e. The Hall–Kier alpha value is -2.27. The molecule has 0 atom stereocenters. The molecule has 5 heteroatoms. The minimum atomic E-state index is -0.587. The van der Waals surface area contributed by atoms with Crippen molar-refractivity contribution >= 4 is 29.5 Å². The van der Waals surface area contributed by atoms with Crippen LogP contribution in [0.25, 0.3) is 12.2 Å². The molecule has 1 aromatic heterocycles. The molecule has 2 aromatic rings. The summed E-state index contributed by atoms with van der Waals surface area (Å²) in [4.78, 5) is 12.8. The van der Waals surface area contributed by atoms with Gasteiger partial charge in [-0.05, 0) is 29.2 Å². The van der Waals surface area contributed by atoms with Crippen LogP contribution < -0.4 is 4.74 Å². The lowest BCUT2D eigenvalue weighted by molar-refractivity contribution is 0.0597. The van der Waals surface area contributed by atoms with E-state index in [1.165, 1.54) is 20.3 Å². The largest absolute Gasteiger partial charge is 0.507 e. The maximum Gasteiger partial charge on any atom is 0.342 e. The molecule has 0 aliphatic heterocycles. The van der Waals surface area contributed by atoms with Gasteiger partial charge in [0.25, 0.3) is 0 Å². The number of rotatable bonds is 4. The van der Waals surface area contributed by atoms with Crippen LogP contribution in [0.3, 0.4) is 0 Å². The van der Waals surface area contributed by atoms with Gasteiger partial charge in [-0.3, -0.25) is 0 Å². The van der Waals surface area contributed by atoms with Gasteiger partial charge in [0.15, 0.2) is 0 Å². The molecule has 0 radical (unpaired) electrons. The fourth-order valence-corrected chi connectivity index (χ4v) is 2.37. The van der Waals surface area contributed by atoms with Crippen LogP contribution in [0.15, 0.2) is 29.6 Å². The van der Waals surface area contributed by atoms with Gasteiger partial charge in [-0.25, -0.2) is 4.79 Å². The van der Waals surface area contributed by atoms with Crippen LogP contribution in [-0.2, 0) is 4.74 Å². The fourth-order valence-electron chi connectivity index (χ4n) is 1.75. The number of ether oxygens (including phenoxy) is 2. The van der Waals surface area contributed by atoms with E-state index < -0.39 is 5.97 Å². The van der Waals surface area contributed by atoms with E-state index >= 15 is 0 Å². The second kappa shape index (κ2) is 6.25. The van der Waals surface area contributed by atoms with Crippen molar-refractivity contribution in [1.29, 1.82) is 0 Å². The summed E-state index contributed by atoms with van der Waals surface area (Å²) >= 11 is 1.58. The number of esters is 1. The highest BCUT2D eigenvalue weighted by molar-refractivity contribution is 7.10. The molecule has 0 bridgehead atoms. The Bertz CT molecular complexity index is 630. The van der Waals surface area contributed by atoms with Crippen LogP contribution in [0.4, 0.5) is 0 Å². The van der Waals surface area contributed by atoms with Crippen molar-refractivity contribution in [2.24, 2.45) is 0 Å². The van der Waals surface area contributed by atoms with Crippen LogP contribution in [0.1, 0.15) is 20.8 Å². The van der Waals surface area contributed by atoms with Gasteiger partial charge < -0.3 is 14.6 Å². The average molecular weight is 290 g/mol. The number of phenolic OH excluding ortho intramolecular Hbond substituents is 1. The van der Waals surface area contributed by atoms with Gasteiger partial charge in [0.2, 0.25) is 0 Å². The zero-order valence-electron chi connectivity index (χ0n) is 11.1. The van der Waals surface area contributed by atoms with Gasteiger partial charge in [0, 0.05) is 10.9 Å². The van der Waals surface area contributed by atoms with E-state index in [0.29, 0.717) is 11.3 Å². The molecule has 0 spiro atoms. The lowest BCUT2D eigenvalue weighted by Crippen LogP contribution is -2.04. The molecule has 0 unspecified atom stereocenters. The summed E-state index contributed by atoms with van der Waals surface area (Å²) < 4.78 is 9.79. The number of hydrogen-bond donors (Lipinski definition) is 1. The molecule has 1 aromatic carbocycles. The highest BCUT2D eigenvalue weighted by Crippen LogP contribution is 2.30. The summed E-state index contributed by atoms with van der Waals surface area (Å²) in [5, 5.41) is 11.9. The minimum absolute atomic E-state index is 0.126. The van der Waals surface area contributed by atoms with Crippen molar-refractivity contribution in [3.8, 4) is 11.5 Å². The quantitative estimate of drug-likeness (QED) is 0.877. The van der Waals surface area contributed by atoms with Crippen molar-refractivity contribution in [3.63, 3.8) is 0 Å². The number of phenols is 1. The average Bonchev–Trinajstić information content (AvgIpc) is 2.97. The van der Waals surface area contributed by atoms with Gasteiger partial charge in [0.1, 0.15) is 17.1 Å². The van der Waals surface area contributed by atoms with Crippen molar-refractivity contribution < 1.29 is 19.4 Å². The van der Waals surface area contributed by atoms with Crippen LogP contribution in [0, 0.1) is 0 Å². The number of carbonyl (C=O) groups is 1. The Labute approximate surface area is 120 Å². The molecule has 0 aliphatic carbocycles. The van der Waals surface area contributed by atoms with Gasteiger partial charge in [-0.1, -0.05) is 12.1 Å². The van der Waals surface area contributed by atoms with Crippen molar-refractivity contribution in [2.75, 3.05) is 14.2 Å². The first-order chi connectivity index (χ1) is 9.65. The van der Waals surface area contributed by atoms with E-state index in [1.54, 1.807) is 23.5 Å². The topological polar surface area (TPSA) is 55.8 Å². The van der Waals surface area contributed by atoms with E-state index in [9.17, 15) is 9.90 Å². The molecular formula is C15H14O4S. The van der Waals surface area contributed by atoms with Gasteiger partial charge in [0.05, 0.1) is 14.2 Å². The standard InChI is InChI=1S/C15H14O4S/c1-18-11-8-10(5-6-12-4-3-7-20-12)14(13(16)9-11)15(17)19-2/h3-9,16H,1-2H3. The number of thiophene rings is 1. The molecule has 2 rings (SSSR count). The highest BCUT2D eigenvalue weighted by Gasteiger charge is 2.17. The Kier molecular flexibility index (Phi) is 4.42. The second-order valence-electron chi connectivity index (χ2n) is 3.95. The summed E-state index contributed by atoms with van der Waals surface area (Å²) in [7, 11) is 2.78. The number of carbonyl (C=O) groups excluding carboxylic acids is 1. The number of hydrogen-bond acceptors (Lipinski definition) is 5. The first-order valence-electron chi connectivity index (χ1n) is 5.86.